The highest BCUT2D eigenvalue weighted by Crippen LogP contribution is 2.52. The number of ether oxygens (including phenoxy) is 1. The normalized spacial score (nSPS) is 18.9. The molecule has 1 spiro atoms. The molecule has 0 atom stereocenters. The van der Waals surface area contributed by atoms with Crippen molar-refractivity contribution in [2.24, 2.45) is 0 Å². The molecule has 0 radical (unpaired) electrons. The van der Waals surface area contributed by atoms with E-state index in [0.29, 0.717) is 13.2 Å². The molecule has 1 aliphatic heterocycles. The summed E-state index contributed by atoms with van der Waals surface area (Å²) < 4.78 is 5.94. The molecular formula is C15H16BrNO3. The van der Waals surface area contributed by atoms with Gasteiger partial charge in [0.25, 0.3) is 5.91 Å². The van der Waals surface area contributed by atoms with E-state index >= 15 is 0 Å². The summed E-state index contributed by atoms with van der Waals surface area (Å²) in [6.07, 6.45) is 2.14. The van der Waals surface area contributed by atoms with Gasteiger partial charge in [-0.25, -0.2) is 0 Å². The maximum atomic E-state index is 12.5. The van der Waals surface area contributed by atoms with Crippen LogP contribution in [0.5, 0.6) is 0 Å². The molecule has 1 aromatic rings. The number of benzene rings is 1. The highest BCUT2D eigenvalue weighted by molar-refractivity contribution is 9.10. The van der Waals surface area contributed by atoms with E-state index in [9.17, 15) is 9.59 Å². The summed E-state index contributed by atoms with van der Waals surface area (Å²) in [5, 5.41) is 0. The lowest BCUT2D eigenvalue weighted by Gasteiger charge is -2.34. The highest BCUT2D eigenvalue weighted by Gasteiger charge is 2.51. The molecule has 4 nitrogen and oxygen atoms in total. The monoisotopic (exact) mass is 337 g/mol. The predicted octanol–water partition coefficient (Wildman–Crippen LogP) is 2.50. The van der Waals surface area contributed by atoms with Gasteiger partial charge in [-0.3, -0.25) is 9.59 Å². The fraction of sp³-hybridized carbons (Fsp3) is 0.467. The van der Waals surface area contributed by atoms with Gasteiger partial charge in [-0.2, -0.15) is 0 Å². The molecule has 1 aromatic carbocycles. The third-order valence-electron chi connectivity index (χ3n) is 4.04. The first kappa shape index (κ1) is 13.6. The number of nitrogens with zero attached hydrogens (tertiary/aromatic N) is 1. The fourth-order valence-corrected chi connectivity index (χ4v) is 3.26. The average molecular weight is 338 g/mol. The van der Waals surface area contributed by atoms with Crippen LogP contribution in [0, 0.1) is 0 Å². The first-order valence-electron chi connectivity index (χ1n) is 6.81. The zero-order chi connectivity index (χ0) is 14.3. The quantitative estimate of drug-likeness (QED) is 0.796. The van der Waals surface area contributed by atoms with Crippen molar-refractivity contribution in [3.63, 3.8) is 0 Å². The molecule has 2 aliphatic rings. The summed E-state index contributed by atoms with van der Waals surface area (Å²) in [5.74, 6) is -0.407. The van der Waals surface area contributed by atoms with Crippen LogP contribution in [0.3, 0.4) is 0 Å². The Morgan fingerprint density at radius 1 is 1.45 bits per heavy atom. The Morgan fingerprint density at radius 2 is 2.20 bits per heavy atom. The SMILES string of the molecule is CCOC(=O)CN1CC2(CC2)c2cc(Br)ccc2C1=O. The van der Waals surface area contributed by atoms with Gasteiger partial charge in [0.1, 0.15) is 6.54 Å². The van der Waals surface area contributed by atoms with Crippen LogP contribution in [0.4, 0.5) is 0 Å². The van der Waals surface area contributed by atoms with Gasteiger partial charge in [-0.05, 0) is 43.5 Å². The van der Waals surface area contributed by atoms with Crippen molar-refractivity contribution >= 4 is 27.8 Å². The number of esters is 1. The highest BCUT2D eigenvalue weighted by atomic mass is 79.9. The molecule has 5 heteroatoms. The molecule has 0 N–H and O–H groups in total. The molecule has 1 heterocycles. The zero-order valence-corrected chi connectivity index (χ0v) is 12.9. The van der Waals surface area contributed by atoms with Gasteiger partial charge in [-0.1, -0.05) is 15.9 Å². The largest absolute Gasteiger partial charge is 0.465 e. The second-order valence-corrected chi connectivity index (χ2v) is 6.35. The smallest absolute Gasteiger partial charge is 0.325 e. The summed E-state index contributed by atoms with van der Waals surface area (Å²) in [4.78, 5) is 25.7. The molecule has 3 rings (SSSR count). The molecule has 1 aliphatic carbocycles. The standard InChI is InChI=1S/C15H16BrNO3/c1-2-20-13(18)8-17-9-15(5-6-15)12-7-10(16)3-4-11(12)14(17)19/h3-4,7H,2,5-6,8-9H2,1H3. The van der Waals surface area contributed by atoms with Crippen LogP contribution in [0.2, 0.25) is 0 Å². The van der Waals surface area contributed by atoms with Crippen molar-refractivity contribution in [3.05, 3.63) is 33.8 Å². The van der Waals surface area contributed by atoms with E-state index in [0.717, 1.165) is 28.4 Å². The van der Waals surface area contributed by atoms with Crippen molar-refractivity contribution in [1.82, 2.24) is 4.90 Å². The van der Waals surface area contributed by atoms with Crippen LogP contribution in [0.1, 0.15) is 35.7 Å². The van der Waals surface area contributed by atoms with E-state index in [1.165, 1.54) is 0 Å². The molecule has 106 valence electrons. The Kier molecular flexibility index (Phi) is 3.32. The van der Waals surface area contributed by atoms with Crippen LogP contribution in [-0.4, -0.2) is 36.5 Å². The summed E-state index contributed by atoms with van der Waals surface area (Å²) in [5.41, 5.74) is 1.90. The van der Waals surface area contributed by atoms with Gasteiger partial charge in [0, 0.05) is 22.0 Å². The number of carbonyl (C=O) groups excluding carboxylic acids is 2. The van der Waals surface area contributed by atoms with Gasteiger partial charge < -0.3 is 9.64 Å². The topological polar surface area (TPSA) is 46.6 Å². The molecule has 0 bridgehead atoms. The van der Waals surface area contributed by atoms with Gasteiger partial charge in [-0.15, -0.1) is 0 Å². The lowest BCUT2D eigenvalue weighted by atomic mass is 9.86. The van der Waals surface area contributed by atoms with E-state index in [1.807, 2.05) is 18.2 Å². The molecule has 20 heavy (non-hydrogen) atoms. The van der Waals surface area contributed by atoms with E-state index in [-0.39, 0.29) is 23.8 Å². The molecule has 0 unspecified atom stereocenters. The number of rotatable bonds is 3. The molecule has 1 saturated carbocycles. The Hall–Kier alpha value is -1.36. The predicted molar refractivity (Wildman–Crippen MR) is 77.6 cm³/mol. The summed E-state index contributed by atoms with van der Waals surface area (Å²) in [6, 6.07) is 5.77. The number of hydrogen-bond acceptors (Lipinski definition) is 3. The Morgan fingerprint density at radius 3 is 2.85 bits per heavy atom. The Bertz CT molecular complexity index is 580. The van der Waals surface area contributed by atoms with Crippen LogP contribution >= 0.6 is 15.9 Å². The number of hydrogen-bond donors (Lipinski definition) is 0. The third-order valence-corrected chi connectivity index (χ3v) is 4.54. The van der Waals surface area contributed by atoms with Gasteiger partial charge >= 0.3 is 5.97 Å². The Balaban J connectivity index is 1.90. The van der Waals surface area contributed by atoms with Crippen molar-refractivity contribution < 1.29 is 14.3 Å². The Labute approximate surface area is 126 Å². The third kappa shape index (κ3) is 2.24. The van der Waals surface area contributed by atoms with Crippen LogP contribution in [-0.2, 0) is 14.9 Å². The number of carbonyl (C=O) groups is 2. The van der Waals surface area contributed by atoms with Crippen molar-refractivity contribution in [2.45, 2.75) is 25.2 Å². The summed E-state index contributed by atoms with van der Waals surface area (Å²) in [7, 11) is 0. The molecular weight excluding hydrogens is 322 g/mol. The van der Waals surface area contributed by atoms with Crippen LogP contribution in [0.15, 0.2) is 22.7 Å². The molecule has 0 aromatic heterocycles. The zero-order valence-electron chi connectivity index (χ0n) is 11.3. The van der Waals surface area contributed by atoms with Gasteiger partial charge in [0.15, 0.2) is 0 Å². The minimum absolute atomic E-state index is 0.0456. The minimum atomic E-state index is -0.336. The van der Waals surface area contributed by atoms with Crippen molar-refractivity contribution in [1.29, 1.82) is 0 Å². The molecule has 1 amide bonds. The van der Waals surface area contributed by atoms with E-state index < -0.39 is 0 Å². The van der Waals surface area contributed by atoms with E-state index in [1.54, 1.807) is 11.8 Å². The number of amides is 1. The van der Waals surface area contributed by atoms with E-state index in [4.69, 9.17) is 4.74 Å². The second kappa shape index (κ2) is 4.88. The van der Waals surface area contributed by atoms with E-state index in [2.05, 4.69) is 15.9 Å². The minimum Gasteiger partial charge on any atom is -0.465 e. The summed E-state index contributed by atoms with van der Waals surface area (Å²) >= 11 is 3.47. The van der Waals surface area contributed by atoms with Gasteiger partial charge in [0.05, 0.1) is 6.61 Å². The second-order valence-electron chi connectivity index (χ2n) is 5.44. The van der Waals surface area contributed by atoms with Crippen molar-refractivity contribution in [3.8, 4) is 0 Å². The maximum absolute atomic E-state index is 12.5. The van der Waals surface area contributed by atoms with Gasteiger partial charge in [0.2, 0.25) is 0 Å². The fourth-order valence-electron chi connectivity index (χ4n) is 2.90. The molecule has 0 saturated heterocycles. The molecule has 1 fully saturated rings. The first-order valence-corrected chi connectivity index (χ1v) is 7.60. The lowest BCUT2D eigenvalue weighted by molar-refractivity contribution is -0.143. The number of fused-ring (bicyclic) bond motifs is 2. The van der Waals surface area contributed by atoms with Crippen molar-refractivity contribution in [2.75, 3.05) is 19.7 Å². The summed E-state index contributed by atoms with van der Waals surface area (Å²) in [6.45, 7) is 2.78. The van der Waals surface area contributed by atoms with Crippen LogP contribution < -0.4 is 0 Å². The lowest BCUT2D eigenvalue weighted by Crippen LogP contribution is -2.46. The first-order chi connectivity index (χ1) is 9.55. The maximum Gasteiger partial charge on any atom is 0.325 e. The average Bonchev–Trinajstić information content (AvgIpc) is 3.17. The number of halogens is 1. The van der Waals surface area contributed by atoms with Crippen LogP contribution in [0.25, 0.3) is 0 Å².